The van der Waals surface area contributed by atoms with Gasteiger partial charge in [-0.05, 0) is 44.4 Å². The smallest absolute Gasteiger partial charge is 0.191 e. The fourth-order valence-corrected chi connectivity index (χ4v) is 3.23. The Balaban J connectivity index is 0.00000288. The third-order valence-electron chi connectivity index (χ3n) is 4.68. The van der Waals surface area contributed by atoms with Crippen molar-refractivity contribution in [1.82, 2.24) is 20.5 Å². The van der Waals surface area contributed by atoms with Crippen molar-refractivity contribution in [2.75, 3.05) is 26.7 Å². The predicted octanol–water partition coefficient (Wildman–Crippen LogP) is 2.94. The summed E-state index contributed by atoms with van der Waals surface area (Å²) in [5.74, 6) is 0.847. The van der Waals surface area contributed by atoms with Gasteiger partial charge in [-0.15, -0.1) is 24.0 Å². The first kappa shape index (κ1) is 21.2. The largest absolute Gasteiger partial charge is 0.355 e. The van der Waals surface area contributed by atoms with Gasteiger partial charge in [0.2, 0.25) is 0 Å². The molecular formula is C18H32IN5. The fourth-order valence-electron chi connectivity index (χ4n) is 3.23. The third kappa shape index (κ3) is 6.55. The lowest BCUT2D eigenvalue weighted by Gasteiger charge is -2.35. The highest BCUT2D eigenvalue weighted by molar-refractivity contribution is 14.0. The van der Waals surface area contributed by atoms with Crippen LogP contribution in [0.1, 0.15) is 43.9 Å². The molecule has 24 heavy (non-hydrogen) atoms. The van der Waals surface area contributed by atoms with Crippen LogP contribution in [-0.4, -0.2) is 48.6 Å². The molecule has 0 amide bonds. The quantitative estimate of drug-likeness (QED) is 0.402. The Morgan fingerprint density at radius 2 is 2.21 bits per heavy atom. The molecule has 1 aromatic heterocycles. The minimum absolute atomic E-state index is 0. The molecule has 2 N–H and O–H groups in total. The van der Waals surface area contributed by atoms with Crippen LogP contribution in [0.3, 0.4) is 0 Å². The molecule has 1 saturated heterocycles. The SMILES string of the molecule is CCC1CCCCN1CCNC(=NC)NCc1ncccc1C.I. The number of halogens is 1. The summed E-state index contributed by atoms with van der Waals surface area (Å²) in [6, 6.07) is 4.81. The van der Waals surface area contributed by atoms with E-state index in [-0.39, 0.29) is 24.0 Å². The molecule has 1 fully saturated rings. The minimum Gasteiger partial charge on any atom is -0.355 e. The van der Waals surface area contributed by atoms with Crippen molar-refractivity contribution in [3.8, 4) is 0 Å². The van der Waals surface area contributed by atoms with Gasteiger partial charge >= 0.3 is 0 Å². The highest BCUT2D eigenvalue weighted by Gasteiger charge is 2.19. The van der Waals surface area contributed by atoms with Gasteiger partial charge in [-0.25, -0.2) is 0 Å². The molecule has 1 aliphatic heterocycles. The molecule has 0 aromatic carbocycles. The van der Waals surface area contributed by atoms with Gasteiger partial charge in [0.15, 0.2) is 5.96 Å². The number of likely N-dealkylation sites (tertiary alicyclic amines) is 1. The maximum atomic E-state index is 4.41. The second-order valence-corrected chi connectivity index (χ2v) is 6.21. The van der Waals surface area contributed by atoms with E-state index in [1.165, 1.54) is 37.8 Å². The topological polar surface area (TPSA) is 52.5 Å². The van der Waals surface area contributed by atoms with Crippen molar-refractivity contribution in [1.29, 1.82) is 0 Å². The number of hydrogen-bond acceptors (Lipinski definition) is 3. The number of rotatable bonds is 6. The lowest BCUT2D eigenvalue weighted by atomic mass is 10.0. The van der Waals surface area contributed by atoms with Crippen LogP contribution in [0.15, 0.2) is 23.3 Å². The molecule has 2 rings (SSSR count). The Bertz CT molecular complexity index is 506. The number of piperidine rings is 1. The van der Waals surface area contributed by atoms with Crippen LogP contribution in [-0.2, 0) is 6.54 Å². The number of nitrogens with zero attached hydrogens (tertiary/aromatic N) is 3. The van der Waals surface area contributed by atoms with Crippen molar-refractivity contribution in [2.45, 2.75) is 52.1 Å². The Labute approximate surface area is 163 Å². The van der Waals surface area contributed by atoms with E-state index < -0.39 is 0 Å². The van der Waals surface area contributed by atoms with E-state index in [9.17, 15) is 0 Å². The molecule has 1 aliphatic rings. The summed E-state index contributed by atoms with van der Waals surface area (Å²) in [6.45, 7) is 8.33. The first-order chi connectivity index (χ1) is 11.2. The van der Waals surface area contributed by atoms with E-state index >= 15 is 0 Å². The fraction of sp³-hybridized carbons (Fsp3) is 0.667. The summed E-state index contributed by atoms with van der Waals surface area (Å²) >= 11 is 0. The number of aromatic nitrogens is 1. The van der Waals surface area contributed by atoms with Gasteiger partial charge in [0.1, 0.15) is 0 Å². The minimum atomic E-state index is 0. The number of hydrogen-bond donors (Lipinski definition) is 2. The number of aryl methyl sites for hydroxylation is 1. The van der Waals surface area contributed by atoms with Crippen molar-refractivity contribution in [2.24, 2.45) is 4.99 Å². The van der Waals surface area contributed by atoms with E-state index in [1.54, 1.807) is 0 Å². The van der Waals surface area contributed by atoms with Gasteiger partial charge in [-0.3, -0.25) is 14.9 Å². The number of guanidine groups is 1. The van der Waals surface area contributed by atoms with Gasteiger partial charge in [0.05, 0.1) is 12.2 Å². The first-order valence-corrected chi connectivity index (χ1v) is 8.83. The van der Waals surface area contributed by atoms with Gasteiger partial charge in [0, 0.05) is 32.4 Å². The van der Waals surface area contributed by atoms with Crippen LogP contribution in [0.5, 0.6) is 0 Å². The van der Waals surface area contributed by atoms with Crippen LogP contribution in [0, 0.1) is 6.92 Å². The summed E-state index contributed by atoms with van der Waals surface area (Å²) in [4.78, 5) is 11.3. The van der Waals surface area contributed by atoms with E-state index in [4.69, 9.17) is 0 Å². The second-order valence-electron chi connectivity index (χ2n) is 6.21. The van der Waals surface area contributed by atoms with Crippen LogP contribution in [0.25, 0.3) is 0 Å². The van der Waals surface area contributed by atoms with Crippen LogP contribution >= 0.6 is 24.0 Å². The molecule has 2 heterocycles. The van der Waals surface area contributed by atoms with E-state index in [0.717, 1.165) is 30.8 Å². The van der Waals surface area contributed by atoms with Crippen molar-refractivity contribution in [3.63, 3.8) is 0 Å². The zero-order valence-corrected chi connectivity index (χ0v) is 17.5. The predicted molar refractivity (Wildman–Crippen MR) is 112 cm³/mol. The van der Waals surface area contributed by atoms with Gasteiger partial charge < -0.3 is 10.6 Å². The maximum Gasteiger partial charge on any atom is 0.191 e. The Hall–Kier alpha value is -0.890. The lowest BCUT2D eigenvalue weighted by Crippen LogP contribution is -2.45. The molecule has 0 spiro atoms. The molecule has 136 valence electrons. The summed E-state index contributed by atoms with van der Waals surface area (Å²) in [7, 11) is 1.82. The highest BCUT2D eigenvalue weighted by atomic mass is 127. The van der Waals surface area contributed by atoms with E-state index in [2.05, 4.69) is 45.4 Å². The maximum absolute atomic E-state index is 4.41. The highest BCUT2D eigenvalue weighted by Crippen LogP contribution is 2.18. The third-order valence-corrected chi connectivity index (χ3v) is 4.68. The number of nitrogens with one attached hydrogen (secondary N) is 2. The van der Waals surface area contributed by atoms with Crippen molar-refractivity contribution in [3.05, 3.63) is 29.6 Å². The number of pyridine rings is 1. The number of aliphatic imine (C=N–C) groups is 1. The summed E-state index contributed by atoms with van der Waals surface area (Å²) in [5.41, 5.74) is 2.27. The monoisotopic (exact) mass is 445 g/mol. The van der Waals surface area contributed by atoms with Crippen LogP contribution in [0.4, 0.5) is 0 Å². The molecule has 0 radical (unpaired) electrons. The van der Waals surface area contributed by atoms with Crippen molar-refractivity contribution < 1.29 is 0 Å². The molecule has 1 unspecified atom stereocenters. The molecule has 0 bridgehead atoms. The van der Waals surface area contributed by atoms with Gasteiger partial charge in [-0.2, -0.15) is 0 Å². The normalized spacial score (nSPS) is 18.8. The van der Waals surface area contributed by atoms with E-state index in [1.807, 2.05) is 19.3 Å². The lowest BCUT2D eigenvalue weighted by molar-refractivity contribution is 0.147. The van der Waals surface area contributed by atoms with Crippen LogP contribution < -0.4 is 10.6 Å². The summed E-state index contributed by atoms with van der Waals surface area (Å²) in [6.07, 6.45) is 7.16. The molecule has 5 nitrogen and oxygen atoms in total. The Morgan fingerprint density at radius 1 is 1.38 bits per heavy atom. The summed E-state index contributed by atoms with van der Waals surface area (Å²) < 4.78 is 0. The van der Waals surface area contributed by atoms with Gasteiger partial charge in [0.25, 0.3) is 0 Å². The average Bonchev–Trinajstić information content (AvgIpc) is 2.59. The molecule has 1 aromatic rings. The van der Waals surface area contributed by atoms with Crippen LogP contribution in [0.2, 0.25) is 0 Å². The Morgan fingerprint density at radius 3 is 2.92 bits per heavy atom. The molecule has 0 aliphatic carbocycles. The Kier molecular flexibility index (Phi) is 10.2. The van der Waals surface area contributed by atoms with E-state index in [0.29, 0.717) is 6.54 Å². The van der Waals surface area contributed by atoms with Crippen molar-refractivity contribution >= 4 is 29.9 Å². The summed E-state index contributed by atoms with van der Waals surface area (Å²) in [5, 5.41) is 6.77. The van der Waals surface area contributed by atoms with Gasteiger partial charge in [-0.1, -0.05) is 19.4 Å². The first-order valence-electron chi connectivity index (χ1n) is 8.83. The average molecular weight is 445 g/mol. The zero-order chi connectivity index (χ0) is 16.5. The second kappa shape index (κ2) is 11.6. The molecular weight excluding hydrogens is 413 g/mol. The molecule has 6 heteroatoms. The zero-order valence-electron chi connectivity index (χ0n) is 15.2. The molecule has 0 saturated carbocycles. The standard InChI is InChI=1S/C18H31N5.HI/c1-4-16-9-5-6-12-23(16)13-11-21-18(19-3)22-14-17-15(2)8-7-10-20-17;/h7-8,10,16H,4-6,9,11-14H2,1-3H3,(H2,19,21,22);1H. The molecule has 1 atom stereocenters.